The van der Waals surface area contributed by atoms with Gasteiger partial charge in [-0.2, -0.15) is 0 Å². The molecule has 1 aromatic rings. The summed E-state index contributed by atoms with van der Waals surface area (Å²) in [5.41, 5.74) is 0.383. The second kappa shape index (κ2) is 6.88. The summed E-state index contributed by atoms with van der Waals surface area (Å²) in [4.78, 5) is 25.7. The Hall–Kier alpha value is -1.97. The van der Waals surface area contributed by atoms with Crippen molar-refractivity contribution in [1.82, 2.24) is 14.9 Å². The molecule has 130 valence electrons. The number of piperazine rings is 1. The van der Waals surface area contributed by atoms with Crippen LogP contribution in [0.25, 0.3) is 0 Å². The minimum absolute atomic E-state index is 0.0334. The molecule has 0 bridgehead atoms. The minimum Gasteiger partial charge on any atom is -0.332 e. The van der Waals surface area contributed by atoms with Gasteiger partial charge < -0.3 is 15.5 Å². The molecule has 8 nitrogen and oxygen atoms in total. The van der Waals surface area contributed by atoms with E-state index in [-0.39, 0.29) is 10.9 Å². The molecule has 1 aliphatic heterocycles. The van der Waals surface area contributed by atoms with E-state index < -0.39 is 21.8 Å². The fourth-order valence-electron chi connectivity index (χ4n) is 2.40. The van der Waals surface area contributed by atoms with Gasteiger partial charge in [-0.05, 0) is 37.1 Å². The van der Waals surface area contributed by atoms with Crippen molar-refractivity contribution in [3.05, 3.63) is 24.3 Å². The lowest BCUT2D eigenvalue weighted by molar-refractivity contribution is -0.143. The van der Waals surface area contributed by atoms with Gasteiger partial charge in [0.15, 0.2) is 0 Å². The molecule has 0 aromatic heterocycles. The zero-order valence-corrected chi connectivity index (χ0v) is 13.9. The largest absolute Gasteiger partial charge is 0.332 e. The predicted molar refractivity (Wildman–Crippen MR) is 87.9 cm³/mol. The van der Waals surface area contributed by atoms with Gasteiger partial charge in [-0.3, -0.25) is 9.59 Å². The quantitative estimate of drug-likeness (QED) is 0.633. The number of nitrogens with zero attached hydrogens (tertiary/aromatic N) is 1. The molecule has 1 aromatic carbocycles. The van der Waals surface area contributed by atoms with Crippen LogP contribution in [0.1, 0.15) is 12.8 Å². The lowest BCUT2D eigenvalue weighted by Crippen LogP contribution is -2.49. The third kappa shape index (κ3) is 4.11. The molecule has 3 N–H and O–H groups in total. The molecule has 0 unspecified atom stereocenters. The van der Waals surface area contributed by atoms with Crippen molar-refractivity contribution in [2.24, 2.45) is 0 Å². The number of carbonyl (C=O) groups excluding carboxylic acids is 2. The monoisotopic (exact) mass is 352 g/mol. The molecular weight excluding hydrogens is 332 g/mol. The van der Waals surface area contributed by atoms with Crippen LogP contribution in [0.3, 0.4) is 0 Å². The number of carbonyl (C=O) groups is 2. The molecule has 1 aliphatic carbocycles. The van der Waals surface area contributed by atoms with Crippen LogP contribution in [-0.2, 0) is 19.6 Å². The molecule has 2 amide bonds. The van der Waals surface area contributed by atoms with E-state index in [1.807, 2.05) is 0 Å². The average molecular weight is 352 g/mol. The van der Waals surface area contributed by atoms with Gasteiger partial charge in [0.2, 0.25) is 10.0 Å². The molecule has 9 heteroatoms. The van der Waals surface area contributed by atoms with E-state index in [1.54, 1.807) is 0 Å². The first-order valence-corrected chi connectivity index (χ1v) is 9.37. The molecule has 24 heavy (non-hydrogen) atoms. The molecule has 0 radical (unpaired) electrons. The standard InChI is InChI=1S/C15H20N4O4S/c20-14(15(21)19-9-7-16-8-10-19)17-11-3-5-13(6-4-11)24(22,23)18-12-1-2-12/h3-6,12,16,18H,1-2,7-10H2,(H,17,20). The number of nitrogens with one attached hydrogen (secondary N) is 3. The molecule has 1 saturated heterocycles. The number of benzene rings is 1. The molecule has 1 heterocycles. The van der Waals surface area contributed by atoms with Gasteiger partial charge in [-0.1, -0.05) is 0 Å². The van der Waals surface area contributed by atoms with Gasteiger partial charge >= 0.3 is 11.8 Å². The lowest BCUT2D eigenvalue weighted by Gasteiger charge is -2.26. The smallest absolute Gasteiger partial charge is 0.313 e. The Balaban J connectivity index is 1.61. The van der Waals surface area contributed by atoms with E-state index in [9.17, 15) is 18.0 Å². The van der Waals surface area contributed by atoms with Gasteiger partial charge in [-0.25, -0.2) is 13.1 Å². The maximum Gasteiger partial charge on any atom is 0.313 e. The van der Waals surface area contributed by atoms with E-state index in [0.717, 1.165) is 12.8 Å². The summed E-state index contributed by atoms with van der Waals surface area (Å²) in [6.07, 6.45) is 1.73. The Bertz CT molecular complexity index is 722. The van der Waals surface area contributed by atoms with Crippen LogP contribution in [-0.4, -0.2) is 57.4 Å². The van der Waals surface area contributed by atoms with Crippen LogP contribution in [0.5, 0.6) is 0 Å². The van der Waals surface area contributed by atoms with E-state index in [0.29, 0.717) is 31.9 Å². The van der Waals surface area contributed by atoms with E-state index in [4.69, 9.17) is 0 Å². The maximum atomic E-state index is 12.1. The van der Waals surface area contributed by atoms with Crippen LogP contribution in [0.15, 0.2) is 29.2 Å². The van der Waals surface area contributed by atoms with Crippen LogP contribution in [0.4, 0.5) is 5.69 Å². The Labute approximate surface area is 140 Å². The normalized spacial score (nSPS) is 18.2. The second-order valence-corrected chi connectivity index (χ2v) is 7.63. The van der Waals surface area contributed by atoms with Gasteiger partial charge in [0.25, 0.3) is 0 Å². The highest BCUT2D eigenvalue weighted by Crippen LogP contribution is 2.22. The minimum atomic E-state index is -3.52. The summed E-state index contributed by atoms with van der Waals surface area (Å²) in [6, 6.07) is 5.81. The molecule has 0 spiro atoms. The average Bonchev–Trinajstić information content (AvgIpc) is 3.38. The Morgan fingerprint density at radius 2 is 1.71 bits per heavy atom. The van der Waals surface area contributed by atoms with Crippen LogP contribution in [0, 0.1) is 0 Å². The van der Waals surface area contributed by atoms with E-state index >= 15 is 0 Å². The third-order valence-corrected chi connectivity index (χ3v) is 5.46. The number of amides is 2. The highest BCUT2D eigenvalue weighted by molar-refractivity contribution is 7.89. The fourth-order valence-corrected chi connectivity index (χ4v) is 3.71. The lowest BCUT2D eigenvalue weighted by atomic mass is 10.3. The van der Waals surface area contributed by atoms with E-state index in [1.165, 1.54) is 29.2 Å². The summed E-state index contributed by atoms with van der Waals surface area (Å²) in [7, 11) is -3.52. The van der Waals surface area contributed by atoms with E-state index in [2.05, 4.69) is 15.4 Å². The molecular formula is C15H20N4O4S. The van der Waals surface area contributed by atoms with Crippen LogP contribution in [0.2, 0.25) is 0 Å². The first-order chi connectivity index (χ1) is 11.5. The summed E-state index contributed by atoms with van der Waals surface area (Å²) >= 11 is 0. The van der Waals surface area contributed by atoms with Gasteiger partial charge in [-0.15, -0.1) is 0 Å². The number of anilines is 1. The first-order valence-electron chi connectivity index (χ1n) is 7.89. The number of hydrogen-bond acceptors (Lipinski definition) is 5. The summed E-state index contributed by atoms with van der Waals surface area (Å²) in [5, 5.41) is 5.61. The summed E-state index contributed by atoms with van der Waals surface area (Å²) < 4.78 is 26.7. The Kier molecular flexibility index (Phi) is 4.83. The molecule has 3 rings (SSSR count). The van der Waals surface area contributed by atoms with Crippen molar-refractivity contribution >= 4 is 27.5 Å². The van der Waals surface area contributed by atoms with Crippen LogP contribution >= 0.6 is 0 Å². The number of rotatable bonds is 4. The fraction of sp³-hybridized carbons (Fsp3) is 0.467. The van der Waals surface area contributed by atoms with Crippen LogP contribution < -0.4 is 15.4 Å². The van der Waals surface area contributed by atoms with Crippen molar-refractivity contribution in [3.8, 4) is 0 Å². The molecule has 2 aliphatic rings. The van der Waals surface area contributed by atoms with Crippen molar-refractivity contribution < 1.29 is 18.0 Å². The maximum absolute atomic E-state index is 12.1. The highest BCUT2D eigenvalue weighted by atomic mass is 32.2. The molecule has 0 atom stereocenters. The number of hydrogen-bond donors (Lipinski definition) is 3. The van der Waals surface area contributed by atoms with Gasteiger partial charge in [0.1, 0.15) is 0 Å². The van der Waals surface area contributed by atoms with Crippen molar-refractivity contribution in [2.45, 2.75) is 23.8 Å². The Morgan fingerprint density at radius 1 is 1.08 bits per heavy atom. The second-order valence-electron chi connectivity index (χ2n) is 5.92. The molecule has 2 fully saturated rings. The zero-order chi connectivity index (χ0) is 17.2. The topological polar surface area (TPSA) is 108 Å². The van der Waals surface area contributed by atoms with Crippen molar-refractivity contribution in [2.75, 3.05) is 31.5 Å². The molecule has 1 saturated carbocycles. The summed E-state index contributed by atoms with van der Waals surface area (Å²) in [5.74, 6) is -1.30. The zero-order valence-electron chi connectivity index (χ0n) is 13.1. The third-order valence-electron chi connectivity index (χ3n) is 3.92. The predicted octanol–water partition coefficient (Wildman–Crippen LogP) is -0.502. The van der Waals surface area contributed by atoms with Crippen molar-refractivity contribution in [1.29, 1.82) is 0 Å². The van der Waals surface area contributed by atoms with Gasteiger partial charge in [0.05, 0.1) is 4.90 Å². The number of sulfonamides is 1. The highest BCUT2D eigenvalue weighted by Gasteiger charge is 2.28. The SMILES string of the molecule is O=C(Nc1ccc(S(=O)(=O)NC2CC2)cc1)C(=O)N1CCNCC1. The summed E-state index contributed by atoms with van der Waals surface area (Å²) in [6.45, 7) is 2.33. The van der Waals surface area contributed by atoms with Gasteiger partial charge in [0, 0.05) is 37.9 Å². The van der Waals surface area contributed by atoms with Crippen molar-refractivity contribution in [3.63, 3.8) is 0 Å². The first kappa shape index (κ1) is 16.9. The Morgan fingerprint density at radius 3 is 2.29 bits per heavy atom.